The zero-order valence-electron chi connectivity index (χ0n) is 12.2. The quantitative estimate of drug-likeness (QED) is 0.687. The Bertz CT molecular complexity index is 424. The van der Waals surface area contributed by atoms with Crippen molar-refractivity contribution in [3.8, 4) is 5.75 Å². The molecule has 0 radical (unpaired) electrons. The Hall–Kier alpha value is -1.26. The van der Waals surface area contributed by atoms with Crippen LogP contribution in [0.2, 0.25) is 5.02 Å². The van der Waals surface area contributed by atoms with Crippen molar-refractivity contribution in [1.82, 2.24) is 5.32 Å². The lowest BCUT2D eigenvalue weighted by Gasteiger charge is -2.08. The fourth-order valence-corrected chi connectivity index (χ4v) is 2.05. The van der Waals surface area contributed by atoms with Crippen molar-refractivity contribution in [3.63, 3.8) is 0 Å². The van der Waals surface area contributed by atoms with Gasteiger partial charge in [0.05, 0.1) is 12.1 Å². The van der Waals surface area contributed by atoms with Crippen molar-refractivity contribution in [1.29, 1.82) is 0 Å². The summed E-state index contributed by atoms with van der Waals surface area (Å²) in [5.41, 5.74) is 0.687. The summed E-state index contributed by atoms with van der Waals surface area (Å²) in [7, 11) is 1.56. The van der Waals surface area contributed by atoms with E-state index in [0.717, 1.165) is 13.0 Å². The number of hydrogen-bond acceptors (Lipinski definition) is 3. The molecule has 0 unspecified atom stereocenters. The number of rotatable bonds is 9. The van der Waals surface area contributed by atoms with Crippen LogP contribution in [0.15, 0.2) is 18.2 Å². The van der Waals surface area contributed by atoms with Crippen LogP contribution in [0.1, 0.15) is 32.6 Å². The first-order chi connectivity index (χ1) is 9.67. The van der Waals surface area contributed by atoms with Gasteiger partial charge in [0.1, 0.15) is 5.75 Å². The van der Waals surface area contributed by atoms with Crippen LogP contribution in [-0.2, 0) is 4.79 Å². The summed E-state index contributed by atoms with van der Waals surface area (Å²) in [6, 6.07) is 5.20. The molecule has 4 nitrogen and oxygen atoms in total. The van der Waals surface area contributed by atoms with Crippen molar-refractivity contribution in [2.45, 2.75) is 32.6 Å². The number of hydrogen-bond donors (Lipinski definition) is 2. The predicted molar refractivity (Wildman–Crippen MR) is 83.6 cm³/mol. The van der Waals surface area contributed by atoms with Gasteiger partial charge in [-0.2, -0.15) is 0 Å². The molecule has 1 aromatic rings. The van der Waals surface area contributed by atoms with E-state index in [1.165, 1.54) is 12.8 Å². The molecule has 20 heavy (non-hydrogen) atoms. The molecule has 2 N–H and O–H groups in total. The minimum absolute atomic E-state index is 0.0192. The van der Waals surface area contributed by atoms with Gasteiger partial charge in [0.2, 0.25) is 5.91 Å². The van der Waals surface area contributed by atoms with Crippen LogP contribution in [0, 0.1) is 0 Å². The van der Waals surface area contributed by atoms with Crippen LogP contribution in [0.5, 0.6) is 5.75 Å². The monoisotopic (exact) mass is 298 g/mol. The molecule has 1 amide bonds. The number of ether oxygens (including phenoxy) is 1. The smallest absolute Gasteiger partial charge is 0.225 e. The Morgan fingerprint density at radius 2 is 2.10 bits per heavy atom. The first kappa shape index (κ1) is 16.8. The van der Waals surface area contributed by atoms with Crippen LogP contribution in [-0.4, -0.2) is 26.1 Å². The summed E-state index contributed by atoms with van der Waals surface area (Å²) in [5.74, 6) is 0.580. The number of anilines is 1. The highest BCUT2D eigenvalue weighted by Gasteiger charge is 2.05. The fourth-order valence-electron chi connectivity index (χ4n) is 1.79. The van der Waals surface area contributed by atoms with Crippen LogP contribution in [0.25, 0.3) is 0 Å². The molecule has 0 aromatic heterocycles. The van der Waals surface area contributed by atoms with Crippen molar-refractivity contribution in [2.75, 3.05) is 25.5 Å². The molecule has 1 aromatic carbocycles. The number of halogens is 1. The zero-order valence-corrected chi connectivity index (χ0v) is 12.9. The first-order valence-electron chi connectivity index (χ1n) is 7.01. The summed E-state index contributed by atoms with van der Waals surface area (Å²) in [5, 5.41) is 6.57. The molecule has 0 saturated carbocycles. The molecule has 0 bridgehead atoms. The van der Waals surface area contributed by atoms with E-state index in [1.54, 1.807) is 25.3 Å². The summed E-state index contributed by atoms with van der Waals surface area (Å²) < 4.78 is 5.06. The highest BCUT2D eigenvalue weighted by Crippen LogP contribution is 2.27. The topological polar surface area (TPSA) is 50.4 Å². The Morgan fingerprint density at radius 1 is 1.30 bits per heavy atom. The second-order valence-corrected chi connectivity index (χ2v) is 5.01. The second-order valence-electron chi connectivity index (χ2n) is 4.60. The highest BCUT2D eigenvalue weighted by atomic mass is 35.5. The van der Waals surface area contributed by atoms with Gasteiger partial charge in [0, 0.05) is 18.7 Å². The van der Waals surface area contributed by atoms with E-state index in [4.69, 9.17) is 16.3 Å². The Labute approximate surface area is 125 Å². The summed E-state index contributed by atoms with van der Waals surface area (Å²) >= 11 is 6.00. The van der Waals surface area contributed by atoms with E-state index in [0.29, 0.717) is 29.4 Å². The van der Waals surface area contributed by atoms with E-state index < -0.39 is 0 Å². The number of carbonyl (C=O) groups excluding carboxylic acids is 1. The number of benzene rings is 1. The van der Waals surface area contributed by atoms with Crippen LogP contribution >= 0.6 is 11.6 Å². The molecular weight excluding hydrogens is 276 g/mol. The molecule has 0 spiro atoms. The van der Waals surface area contributed by atoms with Gasteiger partial charge < -0.3 is 15.4 Å². The number of amides is 1. The Balaban J connectivity index is 2.26. The first-order valence-corrected chi connectivity index (χ1v) is 7.39. The lowest BCUT2D eigenvalue weighted by Crippen LogP contribution is -2.22. The number of carbonyl (C=O) groups is 1. The van der Waals surface area contributed by atoms with Crippen LogP contribution in [0.4, 0.5) is 5.69 Å². The maximum Gasteiger partial charge on any atom is 0.225 e. The van der Waals surface area contributed by atoms with E-state index in [9.17, 15) is 4.79 Å². The third kappa shape index (κ3) is 6.26. The Morgan fingerprint density at radius 3 is 2.75 bits per heavy atom. The van der Waals surface area contributed by atoms with Crippen molar-refractivity contribution in [3.05, 3.63) is 23.2 Å². The molecule has 0 aliphatic rings. The largest absolute Gasteiger partial charge is 0.495 e. The minimum Gasteiger partial charge on any atom is -0.495 e. The molecule has 0 saturated heterocycles. The van der Waals surface area contributed by atoms with Crippen molar-refractivity contribution in [2.24, 2.45) is 0 Å². The van der Waals surface area contributed by atoms with E-state index in [-0.39, 0.29) is 5.91 Å². The summed E-state index contributed by atoms with van der Waals surface area (Å²) in [6.45, 7) is 3.84. The molecular formula is C15H23ClN2O2. The molecule has 0 aliphatic carbocycles. The average Bonchev–Trinajstić information content (AvgIpc) is 2.43. The predicted octanol–water partition coefficient (Wildman–Crippen LogP) is 3.46. The van der Waals surface area contributed by atoms with E-state index >= 15 is 0 Å². The van der Waals surface area contributed by atoms with Crippen molar-refractivity contribution >= 4 is 23.2 Å². The lowest BCUT2D eigenvalue weighted by molar-refractivity contribution is -0.116. The lowest BCUT2D eigenvalue weighted by atomic mass is 10.2. The van der Waals surface area contributed by atoms with Gasteiger partial charge in [-0.05, 0) is 31.2 Å². The van der Waals surface area contributed by atoms with Gasteiger partial charge >= 0.3 is 0 Å². The molecule has 5 heteroatoms. The fraction of sp³-hybridized carbons (Fsp3) is 0.533. The third-order valence-corrected chi connectivity index (χ3v) is 3.22. The maximum atomic E-state index is 11.7. The Kier molecular flexibility index (Phi) is 8.07. The molecule has 112 valence electrons. The molecule has 0 aliphatic heterocycles. The standard InChI is InChI=1S/C15H23ClN2O2/c1-3-4-5-9-17-10-8-15(19)18-12-6-7-14(20-2)13(16)11-12/h6-7,11,17H,3-5,8-10H2,1-2H3,(H,18,19). The van der Waals surface area contributed by atoms with Crippen molar-refractivity contribution < 1.29 is 9.53 Å². The molecule has 1 rings (SSSR count). The molecule has 0 atom stereocenters. The number of methoxy groups -OCH3 is 1. The third-order valence-electron chi connectivity index (χ3n) is 2.92. The summed E-state index contributed by atoms with van der Waals surface area (Å²) in [4.78, 5) is 11.7. The van der Waals surface area contributed by atoms with Gasteiger partial charge in [0.25, 0.3) is 0 Å². The van der Waals surface area contributed by atoms with E-state index in [1.807, 2.05) is 0 Å². The minimum atomic E-state index is -0.0192. The van der Waals surface area contributed by atoms with Gasteiger partial charge in [-0.25, -0.2) is 0 Å². The normalized spacial score (nSPS) is 10.3. The van der Waals surface area contributed by atoms with Crippen LogP contribution < -0.4 is 15.4 Å². The number of nitrogens with one attached hydrogen (secondary N) is 2. The van der Waals surface area contributed by atoms with Gasteiger partial charge in [-0.3, -0.25) is 4.79 Å². The molecule has 0 heterocycles. The van der Waals surface area contributed by atoms with Crippen LogP contribution in [0.3, 0.4) is 0 Å². The second kappa shape index (κ2) is 9.61. The van der Waals surface area contributed by atoms with Gasteiger partial charge in [0.15, 0.2) is 0 Å². The maximum absolute atomic E-state index is 11.7. The highest BCUT2D eigenvalue weighted by molar-refractivity contribution is 6.32. The SMILES string of the molecule is CCCCCNCCC(=O)Nc1ccc(OC)c(Cl)c1. The number of unbranched alkanes of at least 4 members (excludes halogenated alkanes) is 2. The summed E-state index contributed by atoms with van der Waals surface area (Å²) in [6.07, 6.45) is 4.05. The molecule has 0 fully saturated rings. The van der Waals surface area contributed by atoms with Gasteiger partial charge in [-0.15, -0.1) is 0 Å². The zero-order chi connectivity index (χ0) is 14.8. The van der Waals surface area contributed by atoms with Gasteiger partial charge in [-0.1, -0.05) is 31.4 Å². The average molecular weight is 299 g/mol. The van der Waals surface area contributed by atoms with E-state index in [2.05, 4.69) is 17.6 Å².